The Bertz CT molecular complexity index is 561. The van der Waals surface area contributed by atoms with E-state index in [0.29, 0.717) is 22.8 Å². The molecule has 0 atom stereocenters. The number of aromatic nitrogens is 1. The van der Waals surface area contributed by atoms with Crippen LogP contribution in [0.15, 0.2) is 16.7 Å². The molecule has 0 saturated heterocycles. The lowest BCUT2D eigenvalue weighted by molar-refractivity contribution is 0.270. The van der Waals surface area contributed by atoms with E-state index in [1.165, 1.54) is 19.3 Å². The Morgan fingerprint density at radius 1 is 1.50 bits per heavy atom. The number of nitrogens with one attached hydrogen (secondary N) is 2. The van der Waals surface area contributed by atoms with Crippen molar-refractivity contribution in [3.63, 3.8) is 0 Å². The molecule has 1 saturated carbocycles. The lowest BCUT2D eigenvalue weighted by Crippen LogP contribution is -2.37. The molecule has 1 aromatic heterocycles. The molecule has 20 heavy (non-hydrogen) atoms. The Hall–Kier alpha value is -0.860. The van der Waals surface area contributed by atoms with Gasteiger partial charge in [0.25, 0.3) is 0 Å². The summed E-state index contributed by atoms with van der Waals surface area (Å²) in [5.74, 6) is 0.286. The normalized spacial score (nSPS) is 15.7. The van der Waals surface area contributed by atoms with Crippen molar-refractivity contribution in [2.24, 2.45) is 0 Å². The zero-order chi connectivity index (χ0) is 14.6. The summed E-state index contributed by atoms with van der Waals surface area (Å²) in [4.78, 5) is 4.09. The molecule has 2 N–H and O–H groups in total. The Balaban J connectivity index is 1.91. The highest BCUT2D eigenvalue weighted by Gasteiger charge is 2.16. The van der Waals surface area contributed by atoms with Crippen molar-refractivity contribution in [2.75, 3.05) is 24.1 Å². The van der Waals surface area contributed by atoms with E-state index >= 15 is 0 Å². The summed E-state index contributed by atoms with van der Waals surface area (Å²) in [7, 11) is -3.36. The number of rotatable bonds is 7. The summed E-state index contributed by atoms with van der Waals surface area (Å²) in [5.41, 5.74) is 0.338. The summed E-state index contributed by atoms with van der Waals surface area (Å²) in [6.07, 6.45) is 6.39. The van der Waals surface area contributed by atoms with Crippen molar-refractivity contribution >= 4 is 31.6 Å². The van der Waals surface area contributed by atoms with Crippen LogP contribution < -0.4 is 14.8 Å². The molecule has 8 heteroatoms. The van der Waals surface area contributed by atoms with E-state index in [2.05, 4.69) is 31.0 Å². The van der Waals surface area contributed by atoms with Crippen LogP contribution in [0.5, 0.6) is 5.88 Å². The number of anilines is 1. The van der Waals surface area contributed by atoms with Crippen LogP contribution in [0.3, 0.4) is 0 Å². The molecule has 0 unspecified atom stereocenters. The molecule has 0 spiro atoms. The van der Waals surface area contributed by atoms with Crippen LogP contribution in [-0.2, 0) is 10.0 Å². The highest BCUT2D eigenvalue weighted by atomic mass is 79.9. The van der Waals surface area contributed by atoms with Crippen LogP contribution in [0.2, 0.25) is 0 Å². The molecular weight excluding hydrogens is 346 g/mol. The fraction of sp³-hybridized carbons (Fsp3) is 0.583. The summed E-state index contributed by atoms with van der Waals surface area (Å²) >= 11 is 3.26. The quantitative estimate of drug-likeness (QED) is 0.721. The lowest BCUT2D eigenvalue weighted by atomic mass is 9.93. The maximum atomic E-state index is 11.3. The Labute approximate surface area is 127 Å². The van der Waals surface area contributed by atoms with Gasteiger partial charge >= 0.3 is 0 Å². The Morgan fingerprint density at radius 2 is 2.25 bits per heavy atom. The topological polar surface area (TPSA) is 80.3 Å². The predicted molar refractivity (Wildman–Crippen MR) is 81.5 cm³/mol. The van der Waals surface area contributed by atoms with Gasteiger partial charge in [0.1, 0.15) is 12.3 Å². The van der Waals surface area contributed by atoms with Crippen molar-refractivity contribution < 1.29 is 13.2 Å². The third kappa shape index (κ3) is 4.92. The van der Waals surface area contributed by atoms with Gasteiger partial charge in [-0.1, -0.05) is 6.42 Å². The molecule has 1 aliphatic carbocycles. The van der Waals surface area contributed by atoms with Crippen molar-refractivity contribution in [3.8, 4) is 5.88 Å². The molecular formula is C12H18BrN3O3S. The minimum absolute atomic E-state index is 0.286. The first kappa shape index (κ1) is 15.5. The van der Waals surface area contributed by atoms with Gasteiger partial charge in [-0.05, 0) is 34.8 Å². The monoisotopic (exact) mass is 363 g/mol. The first-order chi connectivity index (χ1) is 9.44. The highest BCUT2D eigenvalue weighted by Crippen LogP contribution is 2.26. The standard InChI is InChI=1S/C12H18BrN3O3S/c1-20(17,18)16-11-7-9(13)8-15-12(11)19-6-5-14-10-3-2-4-10/h7-8,10,14,16H,2-6H2,1H3. The molecule has 0 aromatic carbocycles. The van der Waals surface area contributed by atoms with Gasteiger partial charge in [0.15, 0.2) is 0 Å². The summed E-state index contributed by atoms with van der Waals surface area (Å²) in [6, 6.07) is 2.23. The molecule has 0 bridgehead atoms. The number of sulfonamides is 1. The molecule has 6 nitrogen and oxygen atoms in total. The molecule has 1 aromatic rings. The van der Waals surface area contributed by atoms with Crippen molar-refractivity contribution in [2.45, 2.75) is 25.3 Å². The minimum atomic E-state index is -3.36. The molecule has 112 valence electrons. The molecule has 0 aliphatic heterocycles. The molecule has 0 amide bonds. The van der Waals surface area contributed by atoms with Crippen molar-refractivity contribution in [3.05, 3.63) is 16.7 Å². The van der Waals surface area contributed by atoms with E-state index in [0.717, 1.165) is 12.8 Å². The summed E-state index contributed by atoms with van der Waals surface area (Å²) < 4.78 is 31.2. The smallest absolute Gasteiger partial charge is 0.238 e. The Kier molecular flexibility index (Phi) is 5.22. The number of pyridine rings is 1. The number of ether oxygens (including phenoxy) is 1. The average Bonchev–Trinajstić information content (AvgIpc) is 2.26. The predicted octanol–water partition coefficient (Wildman–Crippen LogP) is 1.74. The van der Waals surface area contributed by atoms with Gasteiger partial charge in [-0.3, -0.25) is 4.72 Å². The van der Waals surface area contributed by atoms with Gasteiger partial charge in [-0.2, -0.15) is 0 Å². The van der Waals surface area contributed by atoms with Gasteiger partial charge in [0.05, 0.1) is 6.26 Å². The SMILES string of the molecule is CS(=O)(=O)Nc1cc(Br)cnc1OCCNC1CCC1. The second-order valence-corrected chi connectivity index (χ2v) is 7.48. The number of halogens is 1. The van der Waals surface area contributed by atoms with Crippen molar-refractivity contribution in [1.29, 1.82) is 0 Å². The number of hydrogen-bond donors (Lipinski definition) is 2. The molecule has 2 rings (SSSR count). The van der Waals surface area contributed by atoms with E-state index in [1.54, 1.807) is 12.3 Å². The van der Waals surface area contributed by atoms with E-state index < -0.39 is 10.0 Å². The second-order valence-electron chi connectivity index (χ2n) is 4.81. The first-order valence-electron chi connectivity index (χ1n) is 6.43. The van der Waals surface area contributed by atoms with Gasteiger partial charge in [-0.25, -0.2) is 13.4 Å². The van der Waals surface area contributed by atoms with E-state index in [9.17, 15) is 8.42 Å². The number of hydrogen-bond acceptors (Lipinski definition) is 5. The third-order valence-electron chi connectivity index (χ3n) is 2.99. The number of nitrogens with zero attached hydrogens (tertiary/aromatic N) is 1. The zero-order valence-corrected chi connectivity index (χ0v) is 13.6. The summed E-state index contributed by atoms with van der Waals surface area (Å²) in [5, 5.41) is 3.37. The van der Waals surface area contributed by atoms with Crippen LogP contribution >= 0.6 is 15.9 Å². The molecule has 0 radical (unpaired) electrons. The largest absolute Gasteiger partial charge is 0.475 e. The van der Waals surface area contributed by atoms with Crippen LogP contribution in [0.4, 0.5) is 5.69 Å². The Morgan fingerprint density at radius 3 is 2.85 bits per heavy atom. The fourth-order valence-corrected chi connectivity index (χ4v) is 2.71. The lowest BCUT2D eigenvalue weighted by Gasteiger charge is -2.26. The minimum Gasteiger partial charge on any atom is -0.475 e. The van der Waals surface area contributed by atoms with E-state index in [4.69, 9.17) is 4.74 Å². The van der Waals surface area contributed by atoms with Gasteiger partial charge < -0.3 is 10.1 Å². The zero-order valence-electron chi connectivity index (χ0n) is 11.2. The first-order valence-corrected chi connectivity index (χ1v) is 9.12. The van der Waals surface area contributed by atoms with E-state index in [1.807, 2.05) is 0 Å². The van der Waals surface area contributed by atoms with Crippen LogP contribution in [0, 0.1) is 0 Å². The highest BCUT2D eigenvalue weighted by molar-refractivity contribution is 9.10. The van der Waals surface area contributed by atoms with Crippen LogP contribution in [-0.4, -0.2) is 38.9 Å². The average molecular weight is 364 g/mol. The van der Waals surface area contributed by atoms with Gasteiger partial charge in [-0.15, -0.1) is 0 Å². The van der Waals surface area contributed by atoms with Gasteiger partial charge in [0, 0.05) is 23.3 Å². The maximum Gasteiger partial charge on any atom is 0.238 e. The second kappa shape index (κ2) is 6.73. The summed E-state index contributed by atoms with van der Waals surface area (Å²) in [6.45, 7) is 1.17. The van der Waals surface area contributed by atoms with E-state index in [-0.39, 0.29) is 5.88 Å². The maximum absolute atomic E-state index is 11.3. The molecule has 1 fully saturated rings. The van der Waals surface area contributed by atoms with Crippen LogP contribution in [0.1, 0.15) is 19.3 Å². The van der Waals surface area contributed by atoms with Crippen LogP contribution in [0.25, 0.3) is 0 Å². The fourth-order valence-electron chi connectivity index (χ4n) is 1.84. The molecule has 1 heterocycles. The van der Waals surface area contributed by atoms with Gasteiger partial charge in [0.2, 0.25) is 15.9 Å². The molecule has 1 aliphatic rings. The van der Waals surface area contributed by atoms with Crippen molar-refractivity contribution in [1.82, 2.24) is 10.3 Å². The third-order valence-corrected chi connectivity index (χ3v) is 4.02.